The van der Waals surface area contributed by atoms with Gasteiger partial charge in [-0.15, -0.1) is 5.16 Å². The van der Waals surface area contributed by atoms with Gasteiger partial charge in [-0.3, -0.25) is 4.90 Å². The van der Waals surface area contributed by atoms with Crippen molar-refractivity contribution in [2.75, 3.05) is 19.7 Å². The third kappa shape index (κ3) is 6.07. The minimum Gasteiger partial charge on any atom is -0.396 e. The number of nitrogens with zero attached hydrogens (tertiary/aromatic N) is 2. The van der Waals surface area contributed by atoms with Crippen LogP contribution in [0.15, 0.2) is 35.5 Å². The first-order chi connectivity index (χ1) is 8.36. The molecule has 0 atom stereocenters. The summed E-state index contributed by atoms with van der Waals surface area (Å²) >= 11 is 0. The standard InChI is InChI=1S/C14H22N2O/c1-3-16(11-7-8-12-17-15-2)13-14-9-5-4-6-10-14/h4-6,9-10H,2-3,7-8,11-13H2,1H3. The average Bonchev–Trinajstić information content (AvgIpc) is 2.38. The van der Waals surface area contributed by atoms with Gasteiger partial charge in [0, 0.05) is 13.3 Å². The Labute approximate surface area is 104 Å². The summed E-state index contributed by atoms with van der Waals surface area (Å²) in [6.07, 6.45) is 2.17. The van der Waals surface area contributed by atoms with Crippen LogP contribution in [0.3, 0.4) is 0 Å². The van der Waals surface area contributed by atoms with Crippen LogP contribution in [-0.4, -0.2) is 31.3 Å². The minimum absolute atomic E-state index is 0.673. The fourth-order valence-electron chi connectivity index (χ4n) is 1.76. The molecular weight excluding hydrogens is 212 g/mol. The molecule has 0 fully saturated rings. The van der Waals surface area contributed by atoms with Crippen molar-refractivity contribution >= 4 is 6.72 Å². The van der Waals surface area contributed by atoms with Crippen LogP contribution >= 0.6 is 0 Å². The predicted molar refractivity (Wildman–Crippen MR) is 72.1 cm³/mol. The number of oxime groups is 1. The molecule has 0 aliphatic carbocycles. The van der Waals surface area contributed by atoms with Crippen molar-refractivity contribution < 1.29 is 4.84 Å². The summed E-state index contributed by atoms with van der Waals surface area (Å²) in [6.45, 7) is 9.36. The Bertz CT molecular complexity index is 300. The van der Waals surface area contributed by atoms with Crippen LogP contribution in [0.4, 0.5) is 0 Å². The molecule has 1 rings (SSSR count). The van der Waals surface area contributed by atoms with Crippen molar-refractivity contribution in [2.45, 2.75) is 26.3 Å². The molecule has 0 radical (unpaired) electrons. The van der Waals surface area contributed by atoms with Gasteiger partial charge in [-0.25, -0.2) is 0 Å². The first-order valence-electron chi connectivity index (χ1n) is 6.21. The van der Waals surface area contributed by atoms with Gasteiger partial charge >= 0.3 is 0 Å². The van der Waals surface area contributed by atoms with E-state index in [9.17, 15) is 0 Å². The maximum Gasteiger partial charge on any atom is 0.117 e. The van der Waals surface area contributed by atoms with Crippen molar-refractivity contribution in [3.8, 4) is 0 Å². The smallest absolute Gasteiger partial charge is 0.117 e. The quantitative estimate of drug-likeness (QED) is 0.373. The van der Waals surface area contributed by atoms with Gasteiger partial charge in [-0.05, 0) is 31.5 Å². The molecule has 1 aromatic rings. The lowest BCUT2D eigenvalue weighted by atomic mass is 10.2. The zero-order chi connectivity index (χ0) is 12.3. The summed E-state index contributed by atoms with van der Waals surface area (Å²) in [5, 5.41) is 3.38. The van der Waals surface area contributed by atoms with Gasteiger partial charge in [0.15, 0.2) is 0 Å². The molecule has 0 unspecified atom stereocenters. The summed E-state index contributed by atoms with van der Waals surface area (Å²) in [6, 6.07) is 10.6. The molecule has 0 saturated carbocycles. The Hall–Kier alpha value is -1.35. The van der Waals surface area contributed by atoms with E-state index in [1.165, 1.54) is 5.56 Å². The summed E-state index contributed by atoms with van der Waals surface area (Å²) in [4.78, 5) is 7.30. The van der Waals surface area contributed by atoms with E-state index in [2.05, 4.69) is 54.0 Å². The Kier molecular flexibility index (Phi) is 7.07. The fourth-order valence-corrected chi connectivity index (χ4v) is 1.76. The van der Waals surface area contributed by atoms with Gasteiger partial charge in [0.2, 0.25) is 0 Å². The van der Waals surface area contributed by atoms with E-state index >= 15 is 0 Å². The molecule has 3 nitrogen and oxygen atoms in total. The zero-order valence-electron chi connectivity index (χ0n) is 10.6. The van der Waals surface area contributed by atoms with Gasteiger partial charge in [-0.2, -0.15) is 0 Å². The molecule has 17 heavy (non-hydrogen) atoms. The second-order valence-electron chi connectivity index (χ2n) is 4.02. The molecule has 0 saturated heterocycles. The highest BCUT2D eigenvalue weighted by Gasteiger charge is 2.02. The van der Waals surface area contributed by atoms with Crippen LogP contribution < -0.4 is 0 Å². The zero-order valence-corrected chi connectivity index (χ0v) is 10.6. The summed E-state index contributed by atoms with van der Waals surface area (Å²) < 4.78 is 0. The fraction of sp³-hybridized carbons (Fsp3) is 0.500. The largest absolute Gasteiger partial charge is 0.396 e. The lowest BCUT2D eigenvalue weighted by molar-refractivity contribution is 0.138. The first kappa shape index (κ1) is 13.7. The molecule has 0 bridgehead atoms. The van der Waals surface area contributed by atoms with Crippen LogP contribution in [0.1, 0.15) is 25.3 Å². The molecule has 0 amide bonds. The monoisotopic (exact) mass is 234 g/mol. The van der Waals surface area contributed by atoms with E-state index in [1.807, 2.05) is 0 Å². The number of hydrogen-bond donors (Lipinski definition) is 0. The van der Waals surface area contributed by atoms with Crippen molar-refractivity contribution in [3.63, 3.8) is 0 Å². The van der Waals surface area contributed by atoms with E-state index in [-0.39, 0.29) is 0 Å². The van der Waals surface area contributed by atoms with Crippen LogP contribution in [0.25, 0.3) is 0 Å². The second kappa shape index (κ2) is 8.76. The van der Waals surface area contributed by atoms with Crippen LogP contribution in [0.5, 0.6) is 0 Å². The lowest BCUT2D eigenvalue weighted by Crippen LogP contribution is -2.24. The molecule has 3 heteroatoms. The molecule has 1 aromatic carbocycles. The van der Waals surface area contributed by atoms with Gasteiger partial charge in [-0.1, -0.05) is 37.3 Å². The Balaban J connectivity index is 2.22. The van der Waals surface area contributed by atoms with Gasteiger partial charge in [0.25, 0.3) is 0 Å². The number of hydrogen-bond acceptors (Lipinski definition) is 3. The number of rotatable bonds is 9. The minimum atomic E-state index is 0.673. The van der Waals surface area contributed by atoms with Crippen LogP contribution in [0, 0.1) is 0 Å². The topological polar surface area (TPSA) is 24.8 Å². The third-order valence-corrected chi connectivity index (χ3v) is 2.75. The first-order valence-corrected chi connectivity index (χ1v) is 6.21. The van der Waals surface area contributed by atoms with Crippen molar-refractivity contribution in [1.82, 2.24) is 4.90 Å². The highest BCUT2D eigenvalue weighted by atomic mass is 16.6. The maximum atomic E-state index is 4.86. The molecular formula is C14H22N2O. The lowest BCUT2D eigenvalue weighted by Gasteiger charge is -2.20. The Morgan fingerprint density at radius 3 is 2.65 bits per heavy atom. The highest BCUT2D eigenvalue weighted by molar-refractivity contribution is 5.21. The normalized spacial score (nSPS) is 10.5. The third-order valence-electron chi connectivity index (χ3n) is 2.75. The van der Waals surface area contributed by atoms with E-state index in [0.717, 1.165) is 32.5 Å². The van der Waals surface area contributed by atoms with E-state index < -0.39 is 0 Å². The second-order valence-corrected chi connectivity index (χ2v) is 4.02. The predicted octanol–water partition coefficient (Wildman–Crippen LogP) is 2.92. The molecule has 0 aromatic heterocycles. The maximum absolute atomic E-state index is 4.86. The van der Waals surface area contributed by atoms with Gasteiger partial charge in [0.05, 0.1) is 0 Å². The van der Waals surface area contributed by atoms with E-state index in [4.69, 9.17) is 4.84 Å². The van der Waals surface area contributed by atoms with Crippen molar-refractivity contribution in [1.29, 1.82) is 0 Å². The van der Waals surface area contributed by atoms with E-state index in [1.54, 1.807) is 0 Å². The summed E-state index contributed by atoms with van der Waals surface area (Å²) in [7, 11) is 0. The SMILES string of the molecule is C=NOCCCCN(CC)Cc1ccccc1. The highest BCUT2D eigenvalue weighted by Crippen LogP contribution is 2.05. The molecule has 0 heterocycles. The molecule has 0 aliphatic rings. The summed E-state index contributed by atoms with van der Waals surface area (Å²) in [5.41, 5.74) is 1.37. The number of benzene rings is 1. The Morgan fingerprint density at radius 2 is 2.00 bits per heavy atom. The van der Waals surface area contributed by atoms with Crippen LogP contribution in [0.2, 0.25) is 0 Å². The van der Waals surface area contributed by atoms with E-state index in [0.29, 0.717) is 6.61 Å². The average molecular weight is 234 g/mol. The Morgan fingerprint density at radius 1 is 1.24 bits per heavy atom. The molecule has 0 spiro atoms. The number of unbranched alkanes of at least 4 members (excludes halogenated alkanes) is 1. The van der Waals surface area contributed by atoms with Gasteiger partial charge < -0.3 is 4.84 Å². The van der Waals surface area contributed by atoms with Gasteiger partial charge in [0.1, 0.15) is 6.61 Å². The molecule has 94 valence electrons. The van der Waals surface area contributed by atoms with Crippen molar-refractivity contribution in [2.24, 2.45) is 5.16 Å². The van der Waals surface area contributed by atoms with Crippen LogP contribution in [-0.2, 0) is 11.4 Å². The molecule has 0 N–H and O–H groups in total. The summed E-state index contributed by atoms with van der Waals surface area (Å²) in [5.74, 6) is 0. The molecule has 0 aliphatic heterocycles. The van der Waals surface area contributed by atoms with Crippen molar-refractivity contribution in [3.05, 3.63) is 35.9 Å².